The number of nitrogens with zero attached hydrogens (tertiary/aromatic N) is 6. The van der Waals surface area contributed by atoms with E-state index in [1.807, 2.05) is 91.4 Å². The minimum Gasteiger partial charge on any atom is -0.382 e. The van der Waals surface area contributed by atoms with Crippen LogP contribution in [0.1, 0.15) is 72.3 Å². The maximum Gasteiger partial charge on any atom is 0.0737 e. The summed E-state index contributed by atoms with van der Waals surface area (Å²) in [4.78, 5) is 20.2. The second kappa shape index (κ2) is 34.2. The van der Waals surface area contributed by atoms with Crippen molar-refractivity contribution < 1.29 is 0 Å². The summed E-state index contributed by atoms with van der Waals surface area (Å²) in [5.74, 6) is 2.49. The van der Waals surface area contributed by atoms with E-state index < -0.39 is 0 Å². The lowest BCUT2D eigenvalue weighted by Crippen LogP contribution is -2.30. The van der Waals surface area contributed by atoms with E-state index in [2.05, 4.69) is 104 Å². The van der Waals surface area contributed by atoms with Gasteiger partial charge in [0.2, 0.25) is 0 Å². The third-order valence-electron chi connectivity index (χ3n) is 13.1. The number of fused-ring (bicyclic) bond motifs is 3. The molecule has 3 heterocycles. The van der Waals surface area contributed by atoms with E-state index in [9.17, 15) is 0 Å². The Balaban J connectivity index is 0.000000210. The van der Waals surface area contributed by atoms with Crippen molar-refractivity contribution in [1.29, 1.82) is 0 Å². The van der Waals surface area contributed by atoms with Gasteiger partial charge in [-0.2, -0.15) is 0 Å². The number of benzene rings is 4. The summed E-state index contributed by atoms with van der Waals surface area (Å²) in [6, 6.07) is 33.4. The van der Waals surface area contributed by atoms with E-state index in [-0.39, 0.29) is 0 Å². The zero-order chi connectivity index (χ0) is 54.0. The molecule has 3 atom stereocenters. The molecule has 7 aromatic rings. The van der Waals surface area contributed by atoms with Crippen molar-refractivity contribution in [2.45, 2.75) is 91.3 Å². The Kier molecular flexibility index (Phi) is 28.3. The highest BCUT2D eigenvalue weighted by atomic mass is 35.5. The average Bonchev–Trinajstić information content (AvgIpc) is 3.40. The lowest BCUT2D eigenvalue weighted by atomic mass is 10.0. The summed E-state index contributed by atoms with van der Waals surface area (Å²) in [6.07, 6.45) is 12.1. The number of pyridine rings is 3. The van der Waals surface area contributed by atoms with Gasteiger partial charge in [-0.1, -0.05) is 60.8 Å². The largest absolute Gasteiger partial charge is 0.382 e. The quantitative estimate of drug-likeness (QED) is 0.0415. The van der Waals surface area contributed by atoms with Gasteiger partial charge in [-0.3, -0.25) is 15.0 Å². The SMILES string of the molecule is CC(CCCN(CCCl)CCCl)Nc1ccnc2cc(Cl)ccc12.CC(CCc1ccc(N(CCCl)CCCl)cc1)Nc1ccnc2cc(Cl)ccc12.CCN(CC)CCCC(C)Nc1ccnc2cc(Cl)ccc12. The molecule has 3 N–H and O–H groups in total. The number of hydrogen-bond acceptors (Lipinski definition) is 9. The Morgan fingerprint density at radius 3 is 1.19 bits per heavy atom. The van der Waals surface area contributed by atoms with Crippen LogP contribution in [-0.2, 0) is 6.42 Å². The van der Waals surface area contributed by atoms with Crippen molar-refractivity contribution in [3.63, 3.8) is 0 Å². The van der Waals surface area contributed by atoms with Gasteiger partial charge in [0.15, 0.2) is 0 Å². The maximum absolute atomic E-state index is 6.08. The number of halogens is 7. The van der Waals surface area contributed by atoms with E-state index in [1.54, 1.807) is 0 Å². The highest BCUT2D eigenvalue weighted by Gasteiger charge is 2.12. The van der Waals surface area contributed by atoms with Crippen molar-refractivity contribution in [2.24, 2.45) is 0 Å². The Hall–Kier alpha value is -3.74. The van der Waals surface area contributed by atoms with Gasteiger partial charge in [0.25, 0.3) is 0 Å². The van der Waals surface area contributed by atoms with Gasteiger partial charge in [-0.05, 0) is 176 Å². The summed E-state index contributed by atoms with van der Waals surface area (Å²) in [5, 5.41) is 16.3. The lowest BCUT2D eigenvalue weighted by Gasteiger charge is -2.23. The number of anilines is 4. The Morgan fingerprint density at radius 2 is 0.813 bits per heavy atom. The zero-order valence-corrected chi connectivity index (χ0v) is 49.6. The van der Waals surface area contributed by atoms with Crippen LogP contribution in [0, 0.1) is 0 Å². The van der Waals surface area contributed by atoms with Crippen molar-refractivity contribution in [3.8, 4) is 0 Å². The standard InChI is InChI=1S/C23H26Cl3N3.C18H24Cl3N3.C18H26ClN3/c1-17(28-22-10-13-27-23-16-19(26)6-9-21(22)23)2-3-18-4-7-20(8-5-18)29(14-11-24)15-12-25;1-14(3-2-10-24(11-7-19)12-8-20)23-17-6-9-22-18-13-15(21)4-5-16(17)18;1-4-22(5-2)12-6-7-14(3)21-17-10-11-20-18-13-15(19)8-9-16(17)18/h4-10,13,16-17H,2-3,11-12,14-15H2,1H3,(H,27,28);4-6,9,13-14H,2-3,7-8,10-12H2,1H3,(H,22,23);8-11,13-14H,4-7,12H2,1-3H3,(H,20,21). The van der Waals surface area contributed by atoms with Gasteiger partial charge in [0.1, 0.15) is 0 Å². The van der Waals surface area contributed by atoms with Crippen LogP contribution in [-0.4, -0.2) is 119 Å². The summed E-state index contributed by atoms with van der Waals surface area (Å²) in [5.41, 5.74) is 8.58. The molecular formula is C59H76Cl7N9. The van der Waals surface area contributed by atoms with Gasteiger partial charge >= 0.3 is 0 Å². The minimum atomic E-state index is 0.333. The van der Waals surface area contributed by atoms with Crippen LogP contribution >= 0.6 is 81.2 Å². The summed E-state index contributed by atoms with van der Waals surface area (Å²) >= 11 is 41.6. The van der Waals surface area contributed by atoms with Crippen molar-refractivity contribution in [3.05, 3.63) is 136 Å². The molecule has 0 bridgehead atoms. The third-order valence-corrected chi connectivity index (χ3v) is 14.5. The van der Waals surface area contributed by atoms with E-state index in [4.69, 9.17) is 81.2 Å². The molecule has 0 saturated carbocycles. The fourth-order valence-corrected chi connectivity index (χ4v) is 10.3. The van der Waals surface area contributed by atoms with Crippen LogP contribution in [0.25, 0.3) is 32.7 Å². The van der Waals surface area contributed by atoms with Crippen LogP contribution < -0.4 is 20.9 Å². The number of aryl methyl sites for hydroxylation is 1. The summed E-state index contributed by atoms with van der Waals surface area (Å²) in [7, 11) is 0. The van der Waals surface area contributed by atoms with Crippen molar-refractivity contribution in [1.82, 2.24) is 24.8 Å². The first kappa shape index (κ1) is 62.1. The second-order valence-electron chi connectivity index (χ2n) is 18.8. The van der Waals surface area contributed by atoms with E-state index >= 15 is 0 Å². The fraction of sp³-hybridized carbons (Fsp3) is 0.441. The summed E-state index contributed by atoms with van der Waals surface area (Å²) < 4.78 is 0. The number of aromatic nitrogens is 3. The van der Waals surface area contributed by atoms with Crippen LogP contribution in [0.3, 0.4) is 0 Å². The van der Waals surface area contributed by atoms with Crippen LogP contribution in [0.2, 0.25) is 15.1 Å². The third kappa shape index (κ3) is 21.2. The molecule has 9 nitrogen and oxygen atoms in total. The molecule has 0 saturated heterocycles. The molecule has 0 radical (unpaired) electrons. The number of nitrogens with one attached hydrogen (secondary N) is 3. The normalized spacial score (nSPS) is 12.5. The molecule has 3 unspecified atom stereocenters. The molecule has 0 fully saturated rings. The van der Waals surface area contributed by atoms with Crippen molar-refractivity contribution in [2.75, 3.05) is 96.7 Å². The number of hydrogen-bond donors (Lipinski definition) is 3. The maximum atomic E-state index is 6.08. The topological polar surface area (TPSA) is 84.5 Å². The van der Waals surface area contributed by atoms with Gasteiger partial charge in [-0.25, -0.2) is 0 Å². The van der Waals surface area contributed by atoms with Crippen LogP contribution in [0.5, 0.6) is 0 Å². The Labute approximate surface area is 482 Å². The van der Waals surface area contributed by atoms with Gasteiger partial charge in [0.05, 0.1) is 16.6 Å². The predicted octanol–water partition coefficient (Wildman–Crippen LogP) is 16.7. The van der Waals surface area contributed by atoms with Crippen LogP contribution in [0.15, 0.2) is 116 Å². The number of rotatable bonds is 28. The molecule has 7 rings (SSSR count). The van der Waals surface area contributed by atoms with Gasteiger partial charge in [0, 0.05) is 140 Å². The molecule has 0 aliphatic heterocycles. The first-order valence-corrected chi connectivity index (χ1v) is 29.6. The molecule has 0 amide bonds. The summed E-state index contributed by atoms with van der Waals surface area (Å²) in [6.45, 7) is 19.0. The minimum absolute atomic E-state index is 0.333. The van der Waals surface area contributed by atoms with Gasteiger partial charge in [-0.15, -0.1) is 46.4 Å². The second-order valence-corrected chi connectivity index (χ2v) is 21.6. The molecule has 16 heteroatoms. The Morgan fingerprint density at radius 1 is 0.440 bits per heavy atom. The zero-order valence-electron chi connectivity index (χ0n) is 44.3. The molecule has 0 spiro atoms. The molecule has 4 aromatic carbocycles. The molecule has 3 aromatic heterocycles. The smallest absolute Gasteiger partial charge is 0.0737 e. The average molecular weight is 1160 g/mol. The molecular weight excluding hydrogens is 1080 g/mol. The van der Waals surface area contributed by atoms with E-state index in [1.165, 1.54) is 24.2 Å². The first-order chi connectivity index (χ1) is 36.4. The highest BCUT2D eigenvalue weighted by molar-refractivity contribution is 6.32. The molecule has 0 aliphatic carbocycles. The number of alkyl halides is 4. The molecule has 75 heavy (non-hydrogen) atoms. The van der Waals surface area contributed by atoms with E-state index in [0.29, 0.717) is 51.7 Å². The first-order valence-electron chi connectivity index (χ1n) is 26.3. The highest BCUT2D eigenvalue weighted by Crippen LogP contribution is 2.28. The Bertz CT molecular complexity index is 2720. The van der Waals surface area contributed by atoms with Crippen LogP contribution in [0.4, 0.5) is 22.7 Å². The fourth-order valence-electron chi connectivity index (χ4n) is 8.94. The molecule has 406 valence electrons. The van der Waals surface area contributed by atoms with Crippen molar-refractivity contribution >= 4 is 137 Å². The van der Waals surface area contributed by atoms with Gasteiger partial charge < -0.3 is 30.7 Å². The lowest BCUT2D eigenvalue weighted by molar-refractivity contribution is 0.295. The molecule has 0 aliphatic rings. The van der Waals surface area contributed by atoms with E-state index in [0.717, 1.165) is 133 Å². The monoisotopic (exact) mass is 1160 g/mol. The predicted molar refractivity (Wildman–Crippen MR) is 332 cm³/mol.